The number of rotatable bonds is 6. The third-order valence-electron chi connectivity index (χ3n) is 7.29. The number of hydrogen-bond acceptors (Lipinski definition) is 4. The molecule has 0 amide bonds. The van der Waals surface area contributed by atoms with Crippen molar-refractivity contribution in [2.45, 2.75) is 52.4 Å². The predicted molar refractivity (Wildman–Crippen MR) is 101 cm³/mol. The molecule has 2 aliphatic rings. The van der Waals surface area contributed by atoms with Crippen LogP contribution in [-0.4, -0.2) is 26.8 Å². The van der Waals surface area contributed by atoms with E-state index in [0.29, 0.717) is 18.4 Å². The zero-order valence-corrected chi connectivity index (χ0v) is 16.5. The van der Waals surface area contributed by atoms with E-state index in [9.17, 15) is 4.79 Å². The SMILES string of the molecule is COC[C@@]12CC[C@@H](C)[C@](C)(CCc3ccoc3)[C@H]1CCC=C2C(=O)OC. The van der Waals surface area contributed by atoms with Crippen molar-refractivity contribution in [1.82, 2.24) is 0 Å². The Morgan fingerprint density at radius 1 is 1.35 bits per heavy atom. The standard InChI is InChI=1S/C22H32O4/c1-16-8-12-22(15-24-3)18(20(23)25-4)6-5-7-19(22)21(16,2)11-9-17-10-13-26-14-17/h6,10,13-14,16,19H,5,7-9,11-12,15H2,1-4H3/t16-,19-,21+,22-/m1/s1. The number of carbonyl (C=O) groups is 1. The Morgan fingerprint density at radius 2 is 2.15 bits per heavy atom. The summed E-state index contributed by atoms with van der Waals surface area (Å²) in [4.78, 5) is 12.6. The molecule has 1 aromatic rings. The lowest BCUT2D eigenvalue weighted by Crippen LogP contribution is -2.54. The molecule has 1 fully saturated rings. The van der Waals surface area contributed by atoms with Gasteiger partial charge in [0, 0.05) is 18.1 Å². The number of furan rings is 1. The predicted octanol–water partition coefficient (Wildman–Crippen LogP) is 4.79. The first-order valence-electron chi connectivity index (χ1n) is 9.77. The normalized spacial score (nSPS) is 34.1. The number of ether oxygens (including phenoxy) is 2. The van der Waals surface area contributed by atoms with Crippen LogP contribution in [-0.2, 0) is 20.7 Å². The Morgan fingerprint density at radius 3 is 2.81 bits per heavy atom. The van der Waals surface area contributed by atoms with Crippen molar-refractivity contribution < 1.29 is 18.7 Å². The molecule has 0 N–H and O–H groups in total. The largest absolute Gasteiger partial charge is 0.472 e. The van der Waals surface area contributed by atoms with Gasteiger partial charge in [-0.15, -0.1) is 0 Å². The number of allylic oxidation sites excluding steroid dienone is 1. The van der Waals surface area contributed by atoms with Crippen LogP contribution in [0.4, 0.5) is 0 Å². The second kappa shape index (κ2) is 7.59. The molecule has 0 unspecified atom stereocenters. The van der Waals surface area contributed by atoms with Crippen LogP contribution in [0.3, 0.4) is 0 Å². The Balaban J connectivity index is 1.95. The summed E-state index contributed by atoms with van der Waals surface area (Å²) in [5.74, 6) is 0.851. The molecule has 0 bridgehead atoms. The molecule has 0 radical (unpaired) electrons. The third-order valence-corrected chi connectivity index (χ3v) is 7.29. The molecule has 1 saturated carbocycles. The number of aryl methyl sites for hydroxylation is 1. The highest BCUT2D eigenvalue weighted by Gasteiger charge is 2.57. The van der Waals surface area contributed by atoms with Gasteiger partial charge in [-0.2, -0.15) is 0 Å². The lowest BCUT2D eigenvalue weighted by atomic mass is 9.46. The zero-order chi connectivity index (χ0) is 18.8. The van der Waals surface area contributed by atoms with E-state index < -0.39 is 0 Å². The molecule has 1 aromatic heterocycles. The van der Waals surface area contributed by atoms with Gasteiger partial charge in [0.15, 0.2) is 0 Å². The third kappa shape index (κ3) is 3.13. The van der Waals surface area contributed by atoms with E-state index in [2.05, 4.69) is 26.0 Å². The van der Waals surface area contributed by atoms with Crippen LogP contribution in [0.15, 0.2) is 34.7 Å². The summed E-state index contributed by atoms with van der Waals surface area (Å²) in [6.45, 7) is 5.39. The van der Waals surface area contributed by atoms with Crippen molar-refractivity contribution in [2.75, 3.05) is 20.8 Å². The highest BCUT2D eigenvalue weighted by molar-refractivity contribution is 5.90. The molecule has 1 heterocycles. The van der Waals surface area contributed by atoms with Crippen LogP contribution in [0, 0.1) is 22.7 Å². The fourth-order valence-electron chi connectivity index (χ4n) is 5.65. The van der Waals surface area contributed by atoms with Gasteiger partial charge in [0.2, 0.25) is 0 Å². The fraction of sp³-hybridized carbons (Fsp3) is 0.682. The van der Waals surface area contributed by atoms with Crippen LogP contribution < -0.4 is 0 Å². The highest BCUT2D eigenvalue weighted by Crippen LogP contribution is 2.62. The first kappa shape index (κ1) is 19.2. The summed E-state index contributed by atoms with van der Waals surface area (Å²) in [6, 6.07) is 2.06. The van der Waals surface area contributed by atoms with Gasteiger partial charge in [-0.3, -0.25) is 0 Å². The maximum absolute atomic E-state index is 12.6. The molecule has 4 heteroatoms. The highest BCUT2D eigenvalue weighted by atomic mass is 16.5. The van der Waals surface area contributed by atoms with Crippen molar-refractivity contribution in [3.63, 3.8) is 0 Å². The minimum Gasteiger partial charge on any atom is -0.472 e. The van der Waals surface area contributed by atoms with Gasteiger partial charge in [-0.25, -0.2) is 4.79 Å². The molecule has 0 aliphatic heterocycles. The van der Waals surface area contributed by atoms with Gasteiger partial charge in [-0.1, -0.05) is 19.9 Å². The van der Waals surface area contributed by atoms with Crippen LogP contribution in [0.25, 0.3) is 0 Å². The quantitative estimate of drug-likeness (QED) is 0.684. The van der Waals surface area contributed by atoms with Gasteiger partial charge < -0.3 is 13.9 Å². The first-order valence-corrected chi connectivity index (χ1v) is 9.77. The molecule has 144 valence electrons. The van der Waals surface area contributed by atoms with Gasteiger partial charge in [0.05, 0.1) is 26.2 Å². The number of carbonyl (C=O) groups excluding carboxylic acids is 1. The van der Waals surface area contributed by atoms with E-state index in [1.54, 1.807) is 13.4 Å². The van der Waals surface area contributed by atoms with Crippen molar-refractivity contribution in [1.29, 1.82) is 0 Å². The molecule has 0 saturated heterocycles. The van der Waals surface area contributed by atoms with E-state index in [-0.39, 0.29) is 16.8 Å². The van der Waals surface area contributed by atoms with E-state index in [1.165, 1.54) is 12.7 Å². The van der Waals surface area contributed by atoms with Gasteiger partial charge in [-0.05, 0) is 67.4 Å². The summed E-state index contributed by atoms with van der Waals surface area (Å²) < 4.78 is 16.1. The molecule has 4 nitrogen and oxygen atoms in total. The van der Waals surface area contributed by atoms with Crippen LogP contribution >= 0.6 is 0 Å². The maximum atomic E-state index is 12.6. The lowest BCUT2D eigenvalue weighted by Gasteiger charge is -2.58. The van der Waals surface area contributed by atoms with E-state index >= 15 is 0 Å². The maximum Gasteiger partial charge on any atom is 0.334 e. The van der Waals surface area contributed by atoms with Crippen molar-refractivity contribution in [3.05, 3.63) is 35.8 Å². The monoisotopic (exact) mass is 360 g/mol. The summed E-state index contributed by atoms with van der Waals surface area (Å²) in [5.41, 5.74) is 2.03. The molecule has 0 aromatic carbocycles. The second-order valence-electron chi connectivity index (χ2n) is 8.41. The topological polar surface area (TPSA) is 48.7 Å². The molecule has 4 atom stereocenters. The van der Waals surface area contributed by atoms with Crippen molar-refractivity contribution in [2.24, 2.45) is 22.7 Å². The Hall–Kier alpha value is -1.55. The van der Waals surface area contributed by atoms with Gasteiger partial charge >= 0.3 is 5.97 Å². The summed E-state index contributed by atoms with van der Waals surface area (Å²) in [7, 11) is 3.23. The average Bonchev–Trinajstić information content (AvgIpc) is 3.16. The lowest BCUT2D eigenvalue weighted by molar-refractivity contribution is -0.143. The molecular formula is C22H32O4. The minimum absolute atomic E-state index is 0.154. The summed E-state index contributed by atoms with van der Waals surface area (Å²) in [5, 5.41) is 0. The summed E-state index contributed by atoms with van der Waals surface area (Å²) in [6.07, 6.45) is 12.0. The van der Waals surface area contributed by atoms with Crippen molar-refractivity contribution in [3.8, 4) is 0 Å². The van der Waals surface area contributed by atoms with Crippen molar-refractivity contribution >= 4 is 5.97 Å². The average molecular weight is 360 g/mol. The molecule has 0 spiro atoms. The van der Waals surface area contributed by atoms with Crippen LogP contribution in [0.5, 0.6) is 0 Å². The van der Waals surface area contributed by atoms with E-state index in [4.69, 9.17) is 13.9 Å². The Kier molecular flexibility index (Phi) is 5.61. The number of esters is 1. The smallest absolute Gasteiger partial charge is 0.334 e. The Labute approximate surface area is 156 Å². The van der Waals surface area contributed by atoms with Gasteiger partial charge in [0.25, 0.3) is 0 Å². The zero-order valence-electron chi connectivity index (χ0n) is 16.5. The molecule has 2 aliphatic carbocycles. The van der Waals surface area contributed by atoms with E-state index in [0.717, 1.165) is 44.1 Å². The first-order chi connectivity index (χ1) is 12.5. The second-order valence-corrected chi connectivity index (χ2v) is 8.41. The Bertz CT molecular complexity index is 647. The molecular weight excluding hydrogens is 328 g/mol. The van der Waals surface area contributed by atoms with Crippen LogP contribution in [0.2, 0.25) is 0 Å². The van der Waals surface area contributed by atoms with Gasteiger partial charge in [0.1, 0.15) is 0 Å². The molecule has 26 heavy (non-hydrogen) atoms. The molecule has 3 rings (SSSR count). The number of methoxy groups -OCH3 is 2. The van der Waals surface area contributed by atoms with Crippen LogP contribution in [0.1, 0.15) is 51.5 Å². The van der Waals surface area contributed by atoms with E-state index in [1.807, 2.05) is 6.26 Å². The number of fused-ring (bicyclic) bond motifs is 1. The summed E-state index contributed by atoms with van der Waals surface area (Å²) >= 11 is 0. The minimum atomic E-state index is -0.224. The fourth-order valence-corrected chi connectivity index (χ4v) is 5.65. The number of hydrogen-bond donors (Lipinski definition) is 0.